The monoisotopic (exact) mass is 417 g/mol. The minimum Gasteiger partial charge on any atom is -0.477 e. The lowest BCUT2D eigenvalue weighted by Gasteiger charge is -2.08. The maximum absolute atomic E-state index is 12.2. The summed E-state index contributed by atoms with van der Waals surface area (Å²) in [5, 5.41) is 13.7. The first kappa shape index (κ1) is 20.1. The van der Waals surface area contributed by atoms with Crippen molar-refractivity contribution in [2.24, 2.45) is 0 Å². The molecule has 0 unspecified atom stereocenters. The summed E-state index contributed by atoms with van der Waals surface area (Å²) in [6.07, 6.45) is 0. The van der Waals surface area contributed by atoms with Gasteiger partial charge in [0.2, 0.25) is 5.89 Å². The van der Waals surface area contributed by atoms with Crippen LogP contribution in [0.25, 0.3) is 22.6 Å². The van der Waals surface area contributed by atoms with Crippen molar-refractivity contribution in [3.63, 3.8) is 0 Å². The Morgan fingerprint density at radius 1 is 1.10 bits per heavy atom. The summed E-state index contributed by atoms with van der Waals surface area (Å²) in [6, 6.07) is 16.9. The van der Waals surface area contributed by atoms with Crippen molar-refractivity contribution in [2.45, 2.75) is 13.8 Å². The molecule has 0 aliphatic rings. The lowest BCUT2D eigenvalue weighted by Crippen LogP contribution is -2.20. The molecule has 0 aliphatic carbocycles. The number of para-hydroxylation sites is 2. The van der Waals surface area contributed by atoms with Crippen LogP contribution in [-0.4, -0.2) is 22.4 Å². The molecule has 156 valence electrons. The first-order valence-electron chi connectivity index (χ1n) is 9.55. The Kier molecular flexibility index (Phi) is 5.36. The van der Waals surface area contributed by atoms with Crippen molar-refractivity contribution < 1.29 is 18.9 Å². The smallest absolute Gasteiger partial charge is 0.310 e. The van der Waals surface area contributed by atoms with Crippen molar-refractivity contribution in [3.8, 4) is 17.2 Å². The molecular formula is C23H19N3O5. The zero-order chi connectivity index (χ0) is 22.0. The Bertz CT molecular complexity index is 1240. The number of benzene rings is 3. The van der Waals surface area contributed by atoms with Crippen molar-refractivity contribution in [2.75, 3.05) is 11.9 Å². The quantitative estimate of drug-likeness (QED) is 0.348. The van der Waals surface area contributed by atoms with E-state index < -0.39 is 10.8 Å². The van der Waals surface area contributed by atoms with Crippen LogP contribution in [0.1, 0.15) is 11.1 Å². The summed E-state index contributed by atoms with van der Waals surface area (Å²) >= 11 is 0. The number of hydrogen-bond acceptors (Lipinski definition) is 6. The van der Waals surface area contributed by atoms with Gasteiger partial charge >= 0.3 is 5.69 Å². The Morgan fingerprint density at radius 2 is 1.81 bits per heavy atom. The highest BCUT2D eigenvalue weighted by Crippen LogP contribution is 2.28. The van der Waals surface area contributed by atoms with Crippen molar-refractivity contribution in [1.82, 2.24) is 4.98 Å². The zero-order valence-corrected chi connectivity index (χ0v) is 16.9. The number of rotatable bonds is 6. The molecule has 31 heavy (non-hydrogen) atoms. The third-order valence-corrected chi connectivity index (χ3v) is 4.84. The van der Waals surface area contributed by atoms with Crippen molar-refractivity contribution in [3.05, 3.63) is 81.9 Å². The van der Waals surface area contributed by atoms with Gasteiger partial charge in [0.1, 0.15) is 5.52 Å². The van der Waals surface area contributed by atoms with Crippen molar-refractivity contribution in [1.29, 1.82) is 0 Å². The third-order valence-electron chi connectivity index (χ3n) is 4.84. The van der Waals surface area contributed by atoms with Crippen LogP contribution in [0.4, 0.5) is 11.4 Å². The number of ether oxygens (including phenoxy) is 1. The van der Waals surface area contributed by atoms with Crippen LogP contribution in [0, 0.1) is 24.0 Å². The molecule has 0 saturated carbocycles. The van der Waals surface area contributed by atoms with Gasteiger partial charge in [-0.15, -0.1) is 0 Å². The Morgan fingerprint density at radius 3 is 2.55 bits per heavy atom. The van der Waals surface area contributed by atoms with E-state index in [0.717, 1.165) is 27.8 Å². The molecule has 0 bridgehead atoms. The first-order valence-corrected chi connectivity index (χ1v) is 9.55. The number of aryl methyl sites for hydroxylation is 2. The normalized spacial score (nSPS) is 10.8. The number of nitrogens with one attached hydrogen (secondary N) is 1. The number of hydrogen-bond donors (Lipinski definition) is 1. The molecule has 3 aromatic carbocycles. The predicted molar refractivity (Wildman–Crippen MR) is 116 cm³/mol. The van der Waals surface area contributed by atoms with Crippen LogP contribution in [0.5, 0.6) is 5.75 Å². The molecule has 1 amide bonds. The first-order chi connectivity index (χ1) is 14.9. The molecule has 0 saturated heterocycles. The van der Waals surface area contributed by atoms with E-state index in [2.05, 4.69) is 10.3 Å². The van der Waals surface area contributed by atoms with Gasteiger partial charge in [0, 0.05) is 17.3 Å². The van der Waals surface area contributed by atoms with Gasteiger partial charge < -0.3 is 14.5 Å². The fourth-order valence-corrected chi connectivity index (χ4v) is 3.07. The molecule has 8 heteroatoms. The zero-order valence-electron chi connectivity index (χ0n) is 16.9. The van der Waals surface area contributed by atoms with Crippen LogP contribution < -0.4 is 10.1 Å². The summed E-state index contributed by atoms with van der Waals surface area (Å²) in [5.41, 5.74) is 4.95. The summed E-state index contributed by atoms with van der Waals surface area (Å²) in [7, 11) is 0. The second-order valence-electron chi connectivity index (χ2n) is 7.06. The van der Waals surface area contributed by atoms with E-state index in [0.29, 0.717) is 11.6 Å². The summed E-state index contributed by atoms with van der Waals surface area (Å²) < 4.78 is 11.2. The molecule has 4 aromatic rings. The van der Waals surface area contributed by atoms with Crippen LogP contribution in [0.3, 0.4) is 0 Å². The van der Waals surface area contributed by atoms with E-state index in [1.807, 2.05) is 26.0 Å². The number of aromatic nitrogens is 1. The van der Waals surface area contributed by atoms with Crippen LogP contribution in [0.15, 0.2) is 65.1 Å². The number of oxazole rings is 1. The number of carbonyl (C=O) groups is 1. The summed E-state index contributed by atoms with van der Waals surface area (Å²) in [4.78, 5) is 27.2. The van der Waals surface area contributed by atoms with E-state index >= 15 is 0 Å². The fourth-order valence-electron chi connectivity index (χ4n) is 3.07. The molecule has 0 atom stereocenters. The molecule has 8 nitrogen and oxygen atoms in total. The lowest BCUT2D eigenvalue weighted by atomic mass is 10.1. The molecule has 0 spiro atoms. The van der Waals surface area contributed by atoms with Gasteiger partial charge in [-0.2, -0.15) is 0 Å². The maximum atomic E-state index is 12.2. The van der Waals surface area contributed by atoms with Crippen LogP contribution in [0.2, 0.25) is 0 Å². The molecule has 1 heterocycles. The average Bonchev–Trinajstić information content (AvgIpc) is 3.16. The van der Waals surface area contributed by atoms with Gasteiger partial charge in [0.15, 0.2) is 17.9 Å². The standard InChI is InChI=1S/C23H19N3O5/c1-14-11-18-21(12-15(14)2)31-23(25-18)16-7-9-17(10-8-16)24-22(27)13-30-20-6-4-3-5-19(20)26(28)29/h3-12H,13H2,1-2H3,(H,24,27). The van der Waals surface area contributed by atoms with Gasteiger partial charge in [-0.05, 0) is 67.4 Å². The number of amides is 1. The highest BCUT2D eigenvalue weighted by atomic mass is 16.6. The predicted octanol–water partition coefficient (Wildman–Crippen LogP) is 5.04. The van der Waals surface area contributed by atoms with E-state index in [4.69, 9.17) is 9.15 Å². The largest absolute Gasteiger partial charge is 0.477 e. The van der Waals surface area contributed by atoms with Crippen LogP contribution >= 0.6 is 0 Å². The second-order valence-corrected chi connectivity index (χ2v) is 7.06. The highest BCUT2D eigenvalue weighted by molar-refractivity contribution is 5.92. The van der Waals surface area contributed by atoms with Gasteiger partial charge in [-0.25, -0.2) is 4.98 Å². The minimum absolute atomic E-state index is 0.0411. The van der Waals surface area contributed by atoms with E-state index in [9.17, 15) is 14.9 Å². The summed E-state index contributed by atoms with van der Waals surface area (Å²) in [6.45, 7) is 3.70. The molecule has 1 N–H and O–H groups in total. The molecule has 0 radical (unpaired) electrons. The number of nitrogens with zero attached hydrogens (tertiary/aromatic N) is 2. The topological polar surface area (TPSA) is 108 Å². The molecule has 0 fully saturated rings. The molecular weight excluding hydrogens is 398 g/mol. The Labute approximate surface area is 177 Å². The maximum Gasteiger partial charge on any atom is 0.310 e. The Hall–Kier alpha value is -4.20. The second kappa shape index (κ2) is 8.27. The average molecular weight is 417 g/mol. The SMILES string of the molecule is Cc1cc2nc(-c3ccc(NC(=O)COc4ccccc4[N+](=O)[O-])cc3)oc2cc1C. The van der Waals surface area contributed by atoms with E-state index in [1.54, 1.807) is 30.3 Å². The van der Waals surface area contributed by atoms with E-state index in [1.165, 1.54) is 18.2 Å². The van der Waals surface area contributed by atoms with Gasteiger partial charge in [-0.1, -0.05) is 12.1 Å². The van der Waals surface area contributed by atoms with Crippen LogP contribution in [-0.2, 0) is 4.79 Å². The number of anilines is 1. The third kappa shape index (κ3) is 4.37. The van der Waals surface area contributed by atoms with Gasteiger partial charge in [0.05, 0.1) is 4.92 Å². The molecule has 0 aliphatic heterocycles. The fraction of sp³-hybridized carbons (Fsp3) is 0.130. The molecule has 4 rings (SSSR count). The number of nitro groups is 1. The lowest BCUT2D eigenvalue weighted by molar-refractivity contribution is -0.385. The minimum atomic E-state index is -0.555. The Balaban J connectivity index is 1.42. The van der Waals surface area contributed by atoms with Gasteiger partial charge in [-0.3, -0.25) is 14.9 Å². The van der Waals surface area contributed by atoms with Gasteiger partial charge in [0.25, 0.3) is 5.91 Å². The van der Waals surface area contributed by atoms with E-state index in [-0.39, 0.29) is 18.0 Å². The number of nitro benzene ring substituents is 1. The molecule has 1 aromatic heterocycles. The summed E-state index contributed by atoms with van der Waals surface area (Å²) in [5.74, 6) is 0.107. The number of carbonyl (C=O) groups excluding carboxylic acids is 1. The number of fused-ring (bicyclic) bond motifs is 1. The highest BCUT2D eigenvalue weighted by Gasteiger charge is 2.15. The van der Waals surface area contributed by atoms with Crippen molar-refractivity contribution >= 4 is 28.4 Å².